The normalized spacial score (nSPS) is 15.4. The van der Waals surface area contributed by atoms with Crippen molar-refractivity contribution >= 4 is 27.5 Å². The molecule has 0 bridgehead atoms. The number of ether oxygens (including phenoxy) is 2. The van der Waals surface area contributed by atoms with Crippen LogP contribution in [0.4, 0.5) is 10.1 Å². The van der Waals surface area contributed by atoms with Crippen molar-refractivity contribution in [3.8, 4) is 11.5 Å². The highest BCUT2D eigenvalue weighted by Crippen LogP contribution is 2.34. The van der Waals surface area contributed by atoms with Crippen LogP contribution >= 0.6 is 0 Å². The number of anilines is 1. The minimum Gasteiger partial charge on any atom is -0.486 e. The highest BCUT2D eigenvalue weighted by molar-refractivity contribution is 7.92. The summed E-state index contributed by atoms with van der Waals surface area (Å²) < 4.78 is 54.3. The van der Waals surface area contributed by atoms with Crippen LogP contribution in [-0.4, -0.2) is 57.0 Å². The van der Waals surface area contributed by atoms with E-state index in [0.717, 1.165) is 53.2 Å². The third-order valence-corrected chi connectivity index (χ3v) is 9.79. The second kappa shape index (κ2) is 13.7. The van der Waals surface area contributed by atoms with Crippen LogP contribution in [0.1, 0.15) is 50.2 Å². The van der Waals surface area contributed by atoms with Crippen LogP contribution < -0.4 is 19.1 Å². The van der Waals surface area contributed by atoms with E-state index in [1.165, 1.54) is 35.2 Å². The Balaban J connectivity index is 1.50. The Kier molecular flexibility index (Phi) is 9.73. The molecule has 1 N–H and O–H groups in total. The Labute approximate surface area is 258 Å². The van der Waals surface area contributed by atoms with Crippen molar-refractivity contribution in [2.24, 2.45) is 0 Å². The molecule has 0 saturated heterocycles. The average Bonchev–Trinajstić information content (AvgIpc) is 3.53. The number of benzene rings is 3. The lowest BCUT2D eigenvalue weighted by Crippen LogP contribution is -2.53. The molecule has 1 atom stereocenters. The average molecular weight is 624 g/mol. The summed E-state index contributed by atoms with van der Waals surface area (Å²) in [6.45, 7) is 3.89. The molecule has 0 aromatic heterocycles. The van der Waals surface area contributed by atoms with E-state index in [2.05, 4.69) is 5.32 Å². The van der Waals surface area contributed by atoms with E-state index in [9.17, 15) is 22.4 Å². The number of rotatable bonds is 11. The van der Waals surface area contributed by atoms with Crippen LogP contribution in [0.2, 0.25) is 0 Å². The van der Waals surface area contributed by atoms with Gasteiger partial charge in [0.25, 0.3) is 10.0 Å². The SMILES string of the molecule is CC[C@@H](C(=O)NC1CCCC1)N(Cc1cccc(C)c1)C(=O)CN(c1ccc(F)cc1)S(=O)(=O)c1ccc2c(c1)OCCO2. The van der Waals surface area contributed by atoms with Gasteiger partial charge in [0.15, 0.2) is 11.5 Å². The predicted octanol–water partition coefficient (Wildman–Crippen LogP) is 4.97. The Hall–Kier alpha value is -4.12. The smallest absolute Gasteiger partial charge is 0.264 e. The zero-order valence-electron chi connectivity index (χ0n) is 25.0. The fourth-order valence-corrected chi connectivity index (χ4v) is 7.17. The summed E-state index contributed by atoms with van der Waals surface area (Å²) in [4.78, 5) is 29.2. The zero-order valence-corrected chi connectivity index (χ0v) is 25.8. The molecule has 3 aromatic rings. The number of carbonyl (C=O) groups excluding carboxylic acids is 2. The highest BCUT2D eigenvalue weighted by Gasteiger charge is 2.35. The van der Waals surface area contributed by atoms with Gasteiger partial charge < -0.3 is 19.7 Å². The number of amides is 2. The molecule has 0 radical (unpaired) electrons. The molecule has 9 nitrogen and oxygen atoms in total. The summed E-state index contributed by atoms with van der Waals surface area (Å²) in [5.74, 6) is -0.678. The van der Waals surface area contributed by atoms with Crippen LogP contribution in [0.15, 0.2) is 71.6 Å². The van der Waals surface area contributed by atoms with Crippen molar-refractivity contribution in [1.82, 2.24) is 10.2 Å². The number of fused-ring (bicyclic) bond motifs is 1. The van der Waals surface area contributed by atoms with Gasteiger partial charge >= 0.3 is 0 Å². The molecule has 2 amide bonds. The van der Waals surface area contributed by atoms with Crippen molar-refractivity contribution < 1.29 is 31.9 Å². The van der Waals surface area contributed by atoms with Gasteiger partial charge in [0.1, 0.15) is 31.6 Å². The van der Waals surface area contributed by atoms with Gasteiger partial charge in [-0.05, 0) is 68.1 Å². The number of hydrogen-bond donors (Lipinski definition) is 1. The fourth-order valence-electron chi connectivity index (χ4n) is 5.74. The molecule has 1 aliphatic carbocycles. The lowest BCUT2D eigenvalue weighted by Gasteiger charge is -2.34. The molecule has 0 unspecified atom stereocenters. The van der Waals surface area contributed by atoms with Gasteiger partial charge in [0.05, 0.1) is 10.6 Å². The van der Waals surface area contributed by atoms with Crippen molar-refractivity contribution in [2.75, 3.05) is 24.1 Å². The van der Waals surface area contributed by atoms with Gasteiger partial charge in [0.2, 0.25) is 11.8 Å². The molecule has 5 rings (SSSR count). The fraction of sp³-hybridized carbons (Fsp3) is 0.394. The summed E-state index contributed by atoms with van der Waals surface area (Å²) in [6.07, 6.45) is 4.19. The van der Waals surface area contributed by atoms with Gasteiger partial charge in [-0.3, -0.25) is 13.9 Å². The lowest BCUT2D eigenvalue weighted by atomic mass is 10.1. The predicted molar refractivity (Wildman–Crippen MR) is 165 cm³/mol. The van der Waals surface area contributed by atoms with E-state index in [-0.39, 0.29) is 41.4 Å². The van der Waals surface area contributed by atoms with Gasteiger partial charge in [0, 0.05) is 18.7 Å². The first-order chi connectivity index (χ1) is 21.2. The largest absolute Gasteiger partial charge is 0.486 e. The Bertz CT molecular complexity index is 1590. The molecule has 3 aromatic carbocycles. The number of sulfonamides is 1. The van der Waals surface area contributed by atoms with E-state index in [1.807, 2.05) is 38.1 Å². The summed E-state index contributed by atoms with van der Waals surface area (Å²) >= 11 is 0. The molecule has 1 saturated carbocycles. The first-order valence-electron chi connectivity index (χ1n) is 15.0. The minimum atomic E-state index is -4.35. The van der Waals surface area contributed by atoms with E-state index in [0.29, 0.717) is 18.8 Å². The molecule has 0 spiro atoms. The van der Waals surface area contributed by atoms with Gasteiger partial charge in [-0.25, -0.2) is 12.8 Å². The molecule has 11 heteroatoms. The van der Waals surface area contributed by atoms with Crippen molar-refractivity contribution in [3.05, 3.63) is 83.7 Å². The molecule has 2 aliphatic rings. The maximum Gasteiger partial charge on any atom is 0.264 e. The highest BCUT2D eigenvalue weighted by atomic mass is 32.2. The van der Waals surface area contributed by atoms with Gasteiger partial charge in [-0.1, -0.05) is 49.6 Å². The molecule has 1 fully saturated rings. The van der Waals surface area contributed by atoms with Crippen LogP contribution in [0.5, 0.6) is 11.5 Å². The number of nitrogens with zero attached hydrogens (tertiary/aromatic N) is 2. The summed E-state index contributed by atoms with van der Waals surface area (Å²) in [6, 6.07) is 16.0. The third kappa shape index (κ3) is 7.15. The first kappa shape index (κ1) is 31.3. The lowest BCUT2D eigenvalue weighted by molar-refractivity contribution is -0.140. The summed E-state index contributed by atoms with van der Waals surface area (Å²) in [7, 11) is -4.35. The number of carbonyl (C=O) groups is 2. The Morgan fingerprint density at radius 2 is 1.68 bits per heavy atom. The van der Waals surface area contributed by atoms with Crippen LogP contribution in [0, 0.1) is 12.7 Å². The van der Waals surface area contributed by atoms with Crippen molar-refractivity contribution in [3.63, 3.8) is 0 Å². The third-order valence-electron chi connectivity index (χ3n) is 8.02. The van der Waals surface area contributed by atoms with E-state index >= 15 is 0 Å². The molecular weight excluding hydrogens is 585 g/mol. The monoisotopic (exact) mass is 623 g/mol. The molecule has 44 heavy (non-hydrogen) atoms. The topological polar surface area (TPSA) is 105 Å². The minimum absolute atomic E-state index is 0.0544. The Morgan fingerprint density at radius 1 is 0.977 bits per heavy atom. The van der Waals surface area contributed by atoms with E-state index < -0.39 is 34.3 Å². The quantitative estimate of drug-likeness (QED) is 0.324. The van der Waals surface area contributed by atoms with Gasteiger partial charge in [-0.2, -0.15) is 0 Å². The van der Waals surface area contributed by atoms with Crippen molar-refractivity contribution in [2.45, 2.75) is 69.5 Å². The standard InChI is InChI=1S/C33H38FN3O6S/c1-3-29(33(39)35-26-9-4-5-10-26)36(21-24-8-6-7-23(2)19-24)32(38)22-37(27-13-11-25(34)12-14-27)44(40,41)28-15-16-30-31(20-28)43-18-17-42-30/h6-8,11-16,19-20,26,29H,3-5,9-10,17-18,21-22H2,1-2H3,(H,35,39)/t29-/m0/s1. The van der Waals surface area contributed by atoms with E-state index in [1.54, 1.807) is 0 Å². The van der Waals surface area contributed by atoms with E-state index in [4.69, 9.17) is 9.47 Å². The molecule has 1 heterocycles. The summed E-state index contributed by atoms with van der Waals surface area (Å²) in [5.41, 5.74) is 1.91. The molecule has 1 aliphatic heterocycles. The number of hydrogen-bond acceptors (Lipinski definition) is 6. The molecular formula is C33H38FN3O6S. The van der Waals surface area contributed by atoms with Gasteiger partial charge in [-0.15, -0.1) is 0 Å². The second-order valence-corrected chi connectivity index (χ2v) is 13.1. The van der Waals surface area contributed by atoms with Crippen LogP contribution in [0.3, 0.4) is 0 Å². The van der Waals surface area contributed by atoms with Crippen molar-refractivity contribution in [1.29, 1.82) is 0 Å². The number of aryl methyl sites for hydroxylation is 1. The van der Waals surface area contributed by atoms with Crippen LogP contribution in [-0.2, 0) is 26.2 Å². The first-order valence-corrected chi connectivity index (χ1v) is 16.4. The summed E-state index contributed by atoms with van der Waals surface area (Å²) in [5, 5.41) is 3.11. The van der Waals surface area contributed by atoms with Crippen LogP contribution in [0.25, 0.3) is 0 Å². The maximum absolute atomic E-state index is 14.3. The zero-order chi connectivity index (χ0) is 31.3. The number of nitrogens with one attached hydrogen (secondary N) is 1. The maximum atomic E-state index is 14.3. The molecule has 234 valence electrons. The second-order valence-electron chi connectivity index (χ2n) is 11.2. The number of halogens is 1. The Morgan fingerprint density at radius 3 is 2.36 bits per heavy atom.